The van der Waals surface area contributed by atoms with Crippen molar-refractivity contribution in [3.63, 3.8) is 0 Å². The van der Waals surface area contributed by atoms with Crippen LogP contribution >= 0.6 is 11.8 Å². The van der Waals surface area contributed by atoms with Gasteiger partial charge in [-0.3, -0.25) is 14.9 Å². The van der Waals surface area contributed by atoms with Gasteiger partial charge in [-0.1, -0.05) is 12.1 Å². The van der Waals surface area contributed by atoms with Crippen LogP contribution in [0.5, 0.6) is 5.75 Å². The summed E-state index contributed by atoms with van der Waals surface area (Å²) >= 11 is 0.934. The summed E-state index contributed by atoms with van der Waals surface area (Å²) < 4.78 is 6.02. The molecule has 2 aliphatic rings. The van der Waals surface area contributed by atoms with Crippen molar-refractivity contribution in [2.24, 2.45) is 0 Å². The van der Waals surface area contributed by atoms with Gasteiger partial charge in [0.05, 0.1) is 23.2 Å². The average Bonchev–Trinajstić information content (AvgIpc) is 2.84. The molecule has 2 saturated heterocycles. The first-order valence-corrected chi connectivity index (χ1v) is 9.38. The van der Waals surface area contributed by atoms with Crippen molar-refractivity contribution in [1.82, 2.24) is 5.32 Å². The second-order valence-electron chi connectivity index (χ2n) is 6.67. The molecule has 2 aliphatic heterocycles. The number of hydrogen-bond donors (Lipinski definition) is 2. The van der Waals surface area contributed by atoms with Crippen LogP contribution < -0.4 is 20.7 Å². The highest BCUT2D eigenvalue weighted by Crippen LogP contribution is 2.37. The van der Waals surface area contributed by atoms with Crippen LogP contribution in [0.1, 0.15) is 32.3 Å². The third kappa shape index (κ3) is 4.16. The molecule has 0 saturated carbocycles. The van der Waals surface area contributed by atoms with E-state index in [4.69, 9.17) is 4.74 Å². The lowest BCUT2D eigenvalue weighted by Gasteiger charge is -2.33. The summed E-state index contributed by atoms with van der Waals surface area (Å²) in [5.74, 6) is 0.456. The minimum atomic E-state index is -0.343. The van der Waals surface area contributed by atoms with Crippen molar-refractivity contribution >= 4 is 34.7 Å². The molecule has 0 aliphatic carbocycles. The van der Waals surface area contributed by atoms with E-state index in [1.54, 1.807) is 6.08 Å². The lowest BCUT2D eigenvalue weighted by molar-refractivity contribution is -0.419. The standard InChI is InChI=1S/C18H23N3O3S/c1-11(2)24-14-7-3-5-12(9-15-17(22)20-18(23)25-15)16(14)21-8-4-6-13(19)10-21/h3,5,7,9,11,13H,4,6,8,10,19H2,1-2H3,(H,20,22,23)/p+1/b15-9-/t13-/m1/s1. The molecule has 6 nitrogen and oxygen atoms in total. The summed E-state index contributed by atoms with van der Waals surface area (Å²) in [6.45, 7) is 5.77. The van der Waals surface area contributed by atoms with E-state index < -0.39 is 0 Å². The summed E-state index contributed by atoms with van der Waals surface area (Å²) in [5, 5.41) is 1.97. The van der Waals surface area contributed by atoms with Crippen LogP contribution in [0.25, 0.3) is 6.08 Å². The fourth-order valence-electron chi connectivity index (χ4n) is 3.17. The van der Waals surface area contributed by atoms with Gasteiger partial charge >= 0.3 is 0 Å². The predicted molar refractivity (Wildman–Crippen MR) is 99.4 cm³/mol. The molecule has 25 heavy (non-hydrogen) atoms. The number of para-hydroxylation sites is 1. The van der Waals surface area contributed by atoms with Crippen molar-refractivity contribution in [3.8, 4) is 5.75 Å². The number of rotatable bonds is 4. The Bertz CT molecular complexity index is 718. The Hall–Kier alpha value is -1.99. The summed E-state index contributed by atoms with van der Waals surface area (Å²) in [5.41, 5.74) is 6.07. The van der Waals surface area contributed by atoms with Crippen molar-refractivity contribution in [2.75, 3.05) is 18.0 Å². The molecular formula is C18H24N3O3S+. The molecule has 2 amide bonds. The van der Waals surface area contributed by atoms with Crippen LogP contribution in [0.15, 0.2) is 23.1 Å². The van der Waals surface area contributed by atoms with Gasteiger partial charge in [0.15, 0.2) is 0 Å². The predicted octanol–water partition coefficient (Wildman–Crippen LogP) is 2.01. The maximum absolute atomic E-state index is 11.9. The van der Waals surface area contributed by atoms with Gasteiger partial charge in [-0.15, -0.1) is 0 Å². The molecule has 0 unspecified atom stereocenters. The largest absolute Gasteiger partial charge is 0.489 e. The fourth-order valence-corrected chi connectivity index (χ4v) is 3.85. The molecule has 134 valence electrons. The number of anilines is 1. The molecule has 1 aromatic rings. The first-order valence-electron chi connectivity index (χ1n) is 8.56. The van der Waals surface area contributed by atoms with Gasteiger partial charge in [-0.2, -0.15) is 0 Å². The molecule has 1 aromatic carbocycles. The highest BCUT2D eigenvalue weighted by Gasteiger charge is 2.28. The van der Waals surface area contributed by atoms with E-state index in [2.05, 4.69) is 16.0 Å². The number of piperidine rings is 1. The van der Waals surface area contributed by atoms with Gasteiger partial charge < -0.3 is 15.4 Å². The van der Waals surface area contributed by atoms with E-state index in [1.165, 1.54) is 0 Å². The van der Waals surface area contributed by atoms with Crippen LogP contribution in [0.3, 0.4) is 0 Å². The van der Waals surface area contributed by atoms with Crippen molar-refractivity contribution in [2.45, 2.75) is 38.8 Å². The topological polar surface area (TPSA) is 86.3 Å². The molecule has 0 aromatic heterocycles. The highest BCUT2D eigenvalue weighted by molar-refractivity contribution is 8.18. The van der Waals surface area contributed by atoms with E-state index >= 15 is 0 Å². The number of carbonyl (C=O) groups is 2. The van der Waals surface area contributed by atoms with Crippen molar-refractivity contribution < 1.29 is 20.1 Å². The van der Waals surface area contributed by atoms with E-state index in [0.717, 1.165) is 54.7 Å². The van der Waals surface area contributed by atoms with Gasteiger partial charge in [0.25, 0.3) is 11.1 Å². The molecule has 0 bridgehead atoms. The lowest BCUT2D eigenvalue weighted by atomic mass is 10.0. The second-order valence-corrected chi connectivity index (χ2v) is 7.68. The Morgan fingerprint density at radius 1 is 1.40 bits per heavy atom. The smallest absolute Gasteiger partial charge is 0.290 e. The molecule has 0 radical (unpaired) electrons. The Labute approximate surface area is 151 Å². The number of imide groups is 1. The molecule has 4 N–H and O–H groups in total. The quantitative estimate of drug-likeness (QED) is 0.800. The van der Waals surface area contributed by atoms with Gasteiger partial charge in [0, 0.05) is 18.5 Å². The SMILES string of the molecule is CC(C)Oc1cccc(/C=C2\SC(=O)NC2=O)c1N1CCC[C@@H]([NH3+])C1. The maximum Gasteiger partial charge on any atom is 0.290 e. The summed E-state index contributed by atoms with van der Waals surface area (Å²) in [6.07, 6.45) is 4.02. The van der Waals surface area contributed by atoms with E-state index in [1.807, 2.05) is 32.0 Å². The number of hydrogen-bond acceptors (Lipinski definition) is 5. The number of ether oxygens (including phenoxy) is 1. The fraction of sp³-hybridized carbons (Fsp3) is 0.444. The number of nitrogens with zero attached hydrogens (tertiary/aromatic N) is 1. The molecule has 0 spiro atoms. The van der Waals surface area contributed by atoms with Crippen LogP contribution in [0, 0.1) is 0 Å². The first kappa shape index (κ1) is 17.8. The number of nitrogens with one attached hydrogen (secondary N) is 1. The zero-order valence-corrected chi connectivity index (χ0v) is 15.4. The summed E-state index contributed by atoms with van der Waals surface area (Å²) in [4.78, 5) is 26.1. The number of benzene rings is 1. The molecule has 7 heteroatoms. The lowest BCUT2D eigenvalue weighted by Crippen LogP contribution is -2.67. The number of thioether (sulfide) groups is 1. The number of amides is 2. The van der Waals surface area contributed by atoms with Gasteiger partial charge in [0.1, 0.15) is 11.8 Å². The van der Waals surface area contributed by atoms with E-state index in [-0.39, 0.29) is 17.3 Å². The zero-order valence-electron chi connectivity index (χ0n) is 14.6. The van der Waals surface area contributed by atoms with Crippen LogP contribution in [0.4, 0.5) is 10.5 Å². The van der Waals surface area contributed by atoms with Crippen molar-refractivity contribution in [1.29, 1.82) is 0 Å². The second kappa shape index (κ2) is 7.49. The maximum atomic E-state index is 11.9. The Morgan fingerprint density at radius 3 is 2.84 bits per heavy atom. The average molecular weight is 362 g/mol. The minimum absolute atomic E-state index is 0.0488. The summed E-state index contributed by atoms with van der Waals surface area (Å²) in [7, 11) is 0. The van der Waals surface area contributed by atoms with Gasteiger partial charge in [-0.05, 0) is 44.2 Å². The normalized spacial score (nSPS) is 22.6. The molecular weight excluding hydrogens is 338 g/mol. The Balaban J connectivity index is 2.03. The number of quaternary nitrogens is 1. The molecule has 2 heterocycles. The minimum Gasteiger partial charge on any atom is -0.489 e. The Morgan fingerprint density at radius 2 is 2.20 bits per heavy atom. The van der Waals surface area contributed by atoms with Crippen LogP contribution in [-0.2, 0) is 4.79 Å². The molecule has 2 fully saturated rings. The third-order valence-electron chi connectivity index (χ3n) is 4.16. The molecule has 3 rings (SSSR count). The Kier molecular flexibility index (Phi) is 5.34. The van der Waals surface area contributed by atoms with Crippen molar-refractivity contribution in [3.05, 3.63) is 28.7 Å². The van der Waals surface area contributed by atoms with Gasteiger partial charge in [-0.25, -0.2) is 0 Å². The first-order chi connectivity index (χ1) is 11.9. The van der Waals surface area contributed by atoms with E-state index in [0.29, 0.717) is 10.9 Å². The molecule has 1 atom stereocenters. The highest BCUT2D eigenvalue weighted by atomic mass is 32.2. The zero-order chi connectivity index (χ0) is 18.0. The van der Waals surface area contributed by atoms with Crippen LogP contribution in [0.2, 0.25) is 0 Å². The summed E-state index contributed by atoms with van der Waals surface area (Å²) in [6, 6.07) is 6.20. The number of carbonyl (C=O) groups excluding carboxylic acids is 2. The van der Waals surface area contributed by atoms with Crippen LogP contribution in [-0.4, -0.2) is 36.4 Å². The van der Waals surface area contributed by atoms with Gasteiger partial charge in [0.2, 0.25) is 0 Å². The third-order valence-corrected chi connectivity index (χ3v) is 4.97. The monoisotopic (exact) mass is 362 g/mol. The van der Waals surface area contributed by atoms with E-state index in [9.17, 15) is 9.59 Å².